The second kappa shape index (κ2) is 8.94. The van der Waals surface area contributed by atoms with Crippen molar-refractivity contribution in [2.75, 3.05) is 0 Å². The lowest BCUT2D eigenvalue weighted by Gasteiger charge is -2.15. The molecule has 0 aliphatic heterocycles. The summed E-state index contributed by atoms with van der Waals surface area (Å²) in [4.78, 5) is 0. The highest BCUT2D eigenvalue weighted by Gasteiger charge is 2.22. The Kier molecular flexibility index (Phi) is 5.07. The van der Waals surface area contributed by atoms with Crippen LogP contribution in [0.25, 0.3) is 66.1 Å². The van der Waals surface area contributed by atoms with E-state index in [1.165, 1.54) is 6.07 Å². The molecule has 4 heteroatoms. The summed E-state index contributed by atoms with van der Waals surface area (Å²) < 4.78 is 19.1. The van der Waals surface area contributed by atoms with Crippen molar-refractivity contribution in [1.29, 1.82) is 5.26 Å². The molecule has 0 bridgehead atoms. The molecule has 0 saturated carbocycles. The van der Waals surface area contributed by atoms with Crippen LogP contribution in [0.2, 0.25) is 0 Å². The van der Waals surface area contributed by atoms with Gasteiger partial charge in [-0.2, -0.15) is 5.26 Å². The van der Waals surface area contributed by atoms with Crippen molar-refractivity contribution in [3.05, 3.63) is 145 Å². The first-order chi connectivity index (χ1) is 20.2. The molecular formula is C37H22FN3. The Hall–Kier alpha value is -5.66. The maximum atomic E-state index is 14.7. The summed E-state index contributed by atoms with van der Waals surface area (Å²) in [5.41, 5.74) is 8.38. The van der Waals surface area contributed by atoms with E-state index < -0.39 is 0 Å². The molecule has 0 N–H and O–H groups in total. The van der Waals surface area contributed by atoms with Crippen LogP contribution in [0.1, 0.15) is 5.56 Å². The summed E-state index contributed by atoms with van der Waals surface area (Å²) in [7, 11) is 0. The first-order valence-electron chi connectivity index (χ1n) is 13.5. The maximum absolute atomic E-state index is 14.7. The predicted molar refractivity (Wildman–Crippen MR) is 165 cm³/mol. The standard InChI is InChI=1S/C37H22FN3/c38-25-20-21-28-30-15-9-16-31(36(30)40(35(28)22-25)26-11-2-1-3-12-26)32-17-8-14-29-27-13-5-7-19-34(27)41(37(29)32)33-18-6-4-10-24(33)23-39/h1-22H. The summed E-state index contributed by atoms with van der Waals surface area (Å²) in [5, 5.41) is 14.3. The van der Waals surface area contributed by atoms with Crippen LogP contribution in [0, 0.1) is 17.1 Å². The van der Waals surface area contributed by atoms with Gasteiger partial charge in [0.2, 0.25) is 0 Å². The number of hydrogen-bond donors (Lipinski definition) is 0. The number of fused-ring (bicyclic) bond motifs is 6. The number of aromatic nitrogens is 2. The van der Waals surface area contributed by atoms with Crippen LogP contribution >= 0.6 is 0 Å². The number of halogens is 1. The molecule has 8 rings (SSSR count). The number of hydrogen-bond acceptors (Lipinski definition) is 1. The van der Waals surface area contributed by atoms with Gasteiger partial charge in [0.25, 0.3) is 0 Å². The number of nitrogens with zero attached hydrogens (tertiary/aromatic N) is 3. The van der Waals surface area contributed by atoms with Crippen molar-refractivity contribution in [3.8, 4) is 28.6 Å². The average molecular weight is 528 g/mol. The quantitative estimate of drug-likeness (QED) is 0.225. The van der Waals surface area contributed by atoms with Crippen molar-refractivity contribution in [2.24, 2.45) is 0 Å². The Morgan fingerprint density at radius 3 is 1.88 bits per heavy atom. The topological polar surface area (TPSA) is 33.6 Å². The zero-order valence-corrected chi connectivity index (χ0v) is 21.9. The molecule has 0 radical (unpaired) electrons. The fourth-order valence-electron chi connectivity index (χ4n) is 6.35. The van der Waals surface area contributed by atoms with Gasteiger partial charge in [-0.25, -0.2) is 4.39 Å². The van der Waals surface area contributed by atoms with E-state index in [1.807, 2.05) is 54.6 Å². The lowest BCUT2D eigenvalue weighted by atomic mass is 9.99. The Balaban J connectivity index is 1.58. The highest BCUT2D eigenvalue weighted by atomic mass is 19.1. The summed E-state index contributed by atoms with van der Waals surface area (Å²) in [6.07, 6.45) is 0. The maximum Gasteiger partial charge on any atom is 0.125 e. The third-order valence-electron chi connectivity index (χ3n) is 8.02. The zero-order chi connectivity index (χ0) is 27.5. The number of para-hydroxylation sites is 5. The molecular weight excluding hydrogens is 505 g/mol. The molecule has 0 aliphatic carbocycles. The fourth-order valence-corrected chi connectivity index (χ4v) is 6.35. The minimum Gasteiger partial charge on any atom is -0.309 e. The van der Waals surface area contributed by atoms with Crippen LogP contribution in [0.3, 0.4) is 0 Å². The summed E-state index contributed by atoms with van der Waals surface area (Å²) in [6, 6.07) is 46.3. The van der Waals surface area contributed by atoms with Gasteiger partial charge in [-0.15, -0.1) is 0 Å². The molecule has 0 fully saturated rings. The Bertz CT molecular complexity index is 2340. The summed E-state index contributed by atoms with van der Waals surface area (Å²) >= 11 is 0. The second-order valence-electron chi connectivity index (χ2n) is 10.2. The van der Waals surface area contributed by atoms with Gasteiger partial charge < -0.3 is 9.13 Å². The molecule has 2 heterocycles. The fraction of sp³-hybridized carbons (Fsp3) is 0. The van der Waals surface area contributed by atoms with E-state index in [0.717, 1.165) is 66.1 Å². The molecule has 0 saturated heterocycles. The highest BCUT2D eigenvalue weighted by molar-refractivity contribution is 6.19. The van der Waals surface area contributed by atoms with Crippen LogP contribution in [0.4, 0.5) is 4.39 Å². The minimum atomic E-state index is -0.269. The van der Waals surface area contributed by atoms with Crippen molar-refractivity contribution >= 4 is 43.6 Å². The molecule has 0 amide bonds. The van der Waals surface area contributed by atoms with Crippen LogP contribution in [0.15, 0.2) is 133 Å². The molecule has 8 aromatic rings. The SMILES string of the molecule is N#Cc1ccccc1-n1c2ccccc2c2cccc(-c3cccc4c5ccc(F)cc5n(-c5ccccc5)c34)c21. The Morgan fingerprint density at radius 1 is 0.512 bits per heavy atom. The van der Waals surface area contributed by atoms with Gasteiger partial charge in [-0.1, -0.05) is 84.9 Å². The lowest BCUT2D eigenvalue weighted by Crippen LogP contribution is -1.99. The molecule has 0 aliphatic rings. The van der Waals surface area contributed by atoms with E-state index in [0.29, 0.717) is 5.56 Å². The largest absolute Gasteiger partial charge is 0.309 e. The van der Waals surface area contributed by atoms with Gasteiger partial charge >= 0.3 is 0 Å². The van der Waals surface area contributed by atoms with E-state index in [9.17, 15) is 9.65 Å². The first-order valence-corrected chi connectivity index (χ1v) is 13.5. The molecule has 6 aromatic carbocycles. The Morgan fingerprint density at radius 2 is 1.12 bits per heavy atom. The monoisotopic (exact) mass is 527 g/mol. The van der Waals surface area contributed by atoms with E-state index in [4.69, 9.17) is 0 Å². The van der Waals surface area contributed by atoms with Gasteiger partial charge in [0.05, 0.1) is 33.3 Å². The zero-order valence-electron chi connectivity index (χ0n) is 21.9. The highest BCUT2D eigenvalue weighted by Crippen LogP contribution is 2.43. The van der Waals surface area contributed by atoms with Crippen LogP contribution in [-0.4, -0.2) is 9.13 Å². The summed E-state index contributed by atoms with van der Waals surface area (Å²) in [5.74, 6) is -0.269. The second-order valence-corrected chi connectivity index (χ2v) is 10.2. The molecule has 0 unspecified atom stereocenters. The van der Waals surface area contributed by atoms with Crippen LogP contribution < -0.4 is 0 Å². The molecule has 0 atom stereocenters. The van der Waals surface area contributed by atoms with Crippen LogP contribution in [-0.2, 0) is 0 Å². The van der Waals surface area contributed by atoms with Crippen molar-refractivity contribution in [1.82, 2.24) is 9.13 Å². The number of benzene rings is 6. The van der Waals surface area contributed by atoms with Crippen molar-refractivity contribution < 1.29 is 4.39 Å². The van der Waals surface area contributed by atoms with E-state index >= 15 is 0 Å². The Labute approximate surface area is 235 Å². The molecule has 3 nitrogen and oxygen atoms in total. The van der Waals surface area contributed by atoms with Gasteiger partial charge in [0.1, 0.15) is 11.9 Å². The molecule has 0 spiro atoms. The van der Waals surface area contributed by atoms with Crippen molar-refractivity contribution in [3.63, 3.8) is 0 Å². The molecule has 41 heavy (non-hydrogen) atoms. The molecule has 2 aromatic heterocycles. The average Bonchev–Trinajstić information content (AvgIpc) is 3.54. The number of rotatable bonds is 3. The lowest BCUT2D eigenvalue weighted by molar-refractivity contribution is 0.629. The molecule has 192 valence electrons. The smallest absolute Gasteiger partial charge is 0.125 e. The normalized spacial score (nSPS) is 11.5. The van der Waals surface area contributed by atoms with Gasteiger partial charge in [-0.05, 0) is 48.5 Å². The van der Waals surface area contributed by atoms with E-state index in [2.05, 4.69) is 81.9 Å². The van der Waals surface area contributed by atoms with E-state index in [-0.39, 0.29) is 5.82 Å². The third kappa shape index (κ3) is 3.36. The van der Waals surface area contributed by atoms with Crippen molar-refractivity contribution in [2.45, 2.75) is 0 Å². The minimum absolute atomic E-state index is 0.269. The first kappa shape index (κ1) is 23.2. The van der Waals surface area contributed by atoms with E-state index in [1.54, 1.807) is 6.07 Å². The van der Waals surface area contributed by atoms with Gasteiger partial charge in [0.15, 0.2) is 0 Å². The summed E-state index contributed by atoms with van der Waals surface area (Å²) in [6.45, 7) is 0. The van der Waals surface area contributed by atoms with Crippen LogP contribution in [0.5, 0.6) is 0 Å². The number of nitriles is 1. The predicted octanol–water partition coefficient (Wildman–Crippen LogP) is 9.56. The van der Waals surface area contributed by atoms with Gasteiger partial charge in [0, 0.05) is 38.4 Å². The third-order valence-corrected chi connectivity index (χ3v) is 8.02. The van der Waals surface area contributed by atoms with Gasteiger partial charge in [-0.3, -0.25) is 0 Å².